The molecule has 1 N–H and O–H groups in total. The van der Waals surface area contributed by atoms with Crippen LogP contribution in [-0.2, 0) is 11.2 Å². The molecule has 0 heterocycles. The average molecular weight is 382 g/mol. The van der Waals surface area contributed by atoms with Crippen LogP contribution in [0.5, 0.6) is 5.75 Å². The van der Waals surface area contributed by atoms with E-state index in [4.69, 9.17) is 16.3 Å². The smallest absolute Gasteiger partial charge is 0.261 e. The number of ether oxygens (including phenoxy) is 1. The molecule has 1 amide bonds. The summed E-state index contributed by atoms with van der Waals surface area (Å²) in [6, 6.07) is 21.8. The first kappa shape index (κ1) is 19.2. The first-order valence-corrected chi connectivity index (χ1v) is 9.71. The van der Waals surface area contributed by atoms with E-state index >= 15 is 0 Å². The molecule has 0 saturated heterocycles. The zero-order chi connectivity index (χ0) is 19.1. The Morgan fingerprint density at radius 3 is 2.52 bits per heavy atom. The third-order valence-corrected chi connectivity index (χ3v) is 4.77. The fraction of sp³-hybridized carbons (Fsp3) is 0.261. The lowest BCUT2D eigenvalue weighted by atomic mass is 10.1. The highest BCUT2D eigenvalue weighted by atomic mass is 35.5. The highest BCUT2D eigenvalue weighted by Gasteiger charge is 2.17. The van der Waals surface area contributed by atoms with Crippen molar-refractivity contribution in [3.63, 3.8) is 0 Å². The van der Waals surface area contributed by atoms with Crippen LogP contribution in [0, 0.1) is 0 Å². The van der Waals surface area contributed by atoms with Gasteiger partial charge in [0, 0.05) is 11.6 Å². The van der Waals surface area contributed by atoms with E-state index in [0.29, 0.717) is 13.0 Å². The minimum absolute atomic E-state index is 0.0678. The molecular formula is C23H24ClNO2. The number of hydrogen-bond acceptors (Lipinski definition) is 2. The van der Waals surface area contributed by atoms with Gasteiger partial charge in [-0.15, -0.1) is 0 Å². The van der Waals surface area contributed by atoms with E-state index in [9.17, 15) is 4.79 Å². The summed E-state index contributed by atoms with van der Waals surface area (Å²) in [4.78, 5) is 12.4. The number of benzene rings is 3. The highest BCUT2D eigenvalue weighted by Crippen LogP contribution is 2.22. The lowest BCUT2D eigenvalue weighted by Gasteiger charge is -2.17. The Morgan fingerprint density at radius 1 is 1.04 bits per heavy atom. The SMILES string of the molecule is CCC(Oc1ccc2ccccc2c1)C(=O)NCCCc1ccc(Cl)cc1. The van der Waals surface area contributed by atoms with Crippen LogP contribution in [0.1, 0.15) is 25.3 Å². The Hall–Kier alpha value is -2.52. The van der Waals surface area contributed by atoms with Gasteiger partial charge in [0.15, 0.2) is 6.10 Å². The molecule has 1 unspecified atom stereocenters. The van der Waals surface area contributed by atoms with Crippen molar-refractivity contribution < 1.29 is 9.53 Å². The molecule has 0 saturated carbocycles. The van der Waals surface area contributed by atoms with Crippen LogP contribution in [0.4, 0.5) is 0 Å². The molecule has 3 nitrogen and oxygen atoms in total. The number of rotatable bonds is 8. The molecule has 0 aromatic heterocycles. The largest absolute Gasteiger partial charge is 0.481 e. The molecule has 0 radical (unpaired) electrons. The van der Waals surface area contributed by atoms with E-state index in [1.807, 2.05) is 67.6 Å². The summed E-state index contributed by atoms with van der Waals surface area (Å²) in [5.74, 6) is 0.652. The third kappa shape index (κ3) is 5.48. The summed E-state index contributed by atoms with van der Waals surface area (Å²) in [6.07, 6.45) is 1.91. The lowest BCUT2D eigenvalue weighted by Crippen LogP contribution is -2.38. The zero-order valence-corrected chi connectivity index (χ0v) is 16.2. The van der Waals surface area contributed by atoms with E-state index in [1.165, 1.54) is 5.56 Å². The standard InChI is InChI=1S/C23H24ClNO2/c1-2-22(27-21-14-11-18-7-3-4-8-19(18)16-21)23(26)25-15-5-6-17-9-12-20(24)13-10-17/h3-4,7-14,16,22H,2,5-6,15H2,1H3,(H,25,26). The van der Waals surface area contributed by atoms with Crippen LogP contribution in [0.25, 0.3) is 10.8 Å². The third-order valence-electron chi connectivity index (χ3n) is 4.52. The molecule has 0 aliphatic heterocycles. The second-order valence-electron chi connectivity index (χ2n) is 6.54. The fourth-order valence-corrected chi connectivity index (χ4v) is 3.12. The van der Waals surface area contributed by atoms with Gasteiger partial charge in [-0.05, 0) is 59.9 Å². The Bertz CT molecular complexity index is 892. The van der Waals surface area contributed by atoms with Crippen molar-refractivity contribution in [3.8, 4) is 5.75 Å². The van der Waals surface area contributed by atoms with Gasteiger partial charge >= 0.3 is 0 Å². The number of halogens is 1. The highest BCUT2D eigenvalue weighted by molar-refractivity contribution is 6.30. The van der Waals surface area contributed by atoms with Gasteiger partial charge in [0.25, 0.3) is 5.91 Å². The number of aryl methyl sites for hydroxylation is 1. The Morgan fingerprint density at radius 2 is 1.78 bits per heavy atom. The van der Waals surface area contributed by atoms with Crippen LogP contribution < -0.4 is 10.1 Å². The zero-order valence-electron chi connectivity index (χ0n) is 15.5. The summed E-state index contributed by atoms with van der Waals surface area (Å²) in [6.45, 7) is 2.58. The maximum Gasteiger partial charge on any atom is 0.261 e. The van der Waals surface area contributed by atoms with Crippen molar-refractivity contribution in [2.24, 2.45) is 0 Å². The summed E-state index contributed by atoms with van der Waals surface area (Å²) < 4.78 is 5.94. The normalized spacial score (nSPS) is 11.9. The summed E-state index contributed by atoms with van der Waals surface area (Å²) in [5.41, 5.74) is 1.22. The van der Waals surface area contributed by atoms with Crippen molar-refractivity contribution in [2.45, 2.75) is 32.3 Å². The van der Waals surface area contributed by atoms with Gasteiger partial charge < -0.3 is 10.1 Å². The maximum absolute atomic E-state index is 12.4. The van der Waals surface area contributed by atoms with Crippen molar-refractivity contribution >= 4 is 28.3 Å². The van der Waals surface area contributed by atoms with E-state index < -0.39 is 6.10 Å². The van der Waals surface area contributed by atoms with Crippen molar-refractivity contribution in [2.75, 3.05) is 6.54 Å². The molecular weight excluding hydrogens is 358 g/mol. The molecule has 27 heavy (non-hydrogen) atoms. The van der Waals surface area contributed by atoms with E-state index in [0.717, 1.165) is 34.4 Å². The molecule has 140 valence electrons. The summed E-state index contributed by atoms with van der Waals surface area (Å²) in [5, 5.41) is 5.98. The van der Waals surface area contributed by atoms with Crippen LogP contribution in [-0.4, -0.2) is 18.6 Å². The van der Waals surface area contributed by atoms with Crippen LogP contribution in [0.15, 0.2) is 66.7 Å². The number of nitrogens with one attached hydrogen (secondary N) is 1. The van der Waals surface area contributed by atoms with Crippen molar-refractivity contribution in [3.05, 3.63) is 77.3 Å². The number of fused-ring (bicyclic) bond motifs is 1. The van der Waals surface area contributed by atoms with Gasteiger partial charge in [-0.3, -0.25) is 4.79 Å². The number of carbonyl (C=O) groups excluding carboxylic acids is 1. The van der Waals surface area contributed by atoms with E-state index in [1.54, 1.807) is 0 Å². The van der Waals surface area contributed by atoms with Crippen molar-refractivity contribution in [1.82, 2.24) is 5.32 Å². The van der Waals surface area contributed by atoms with E-state index in [2.05, 4.69) is 11.4 Å². The predicted molar refractivity (Wildman–Crippen MR) is 111 cm³/mol. The van der Waals surface area contributed by atoms with Gasteiger partial charge in [0.1, 0.15) is 5.75 Å². The van der Waals surface area contributed by atoms with Gasteiger partial charge in [-0.1, -0.05) is 61.0 Å². The molecule has 4 heteroatoms. The first-order chi connectivity index (χ1) is 13.2. The second kappa shape index (κ2) is 9.43. The summed E-state index contributed by atoms with van der Waals surface area (Å²) in [7, 11) is 0. The number of amides is 1. The van der Waals surface area contributed by atoms with Crippen LogP contribution in [0.2, 0.25) is 5.02 Å². The average Bonchev–Trinajstić information content (AvgIpc) is 2.70. The quantitative estimate of drug-likeness (QED) is 0.530. The maximum atomic E-state index is 12.4. The number of carbonyl (C=O) groups is 1. The molecule has 0 bridgehead atoms. The molecule has 0 fully saturated rings. The molecule has 3 rings (SSSR count). The lowest BCUT2D eigenvalue weighted by molar-refractivity contribution is -0.128. The van der Waals surface area contributed by atoms with Crippen LogP contribution in [0.3, 0.4) is 0 Å². The molecule has 0 aliphatic rings. The monoisotopic (exact) mass is 381 g/mol. The molecule has 3 aromatic rings. The predicted octanol–water partition coefficient (Wildman–Crippen LogP) is 5.40. The minimum Gasteiger partial charge on any atom is -0.481 e. The first-order valence-electron chi connectivity index (χ1n) is 9.33. The molecule has 0 aliphatic carbocycles. The molecule has 1 atom stereocenters. The molecule has 0 spiro atoms. The van der Waals surface area contributed by atoms with E-state index in [-0.39, 0.29) is 5.91 Å². The van der Waals surface area contributed by atoms with Gasteiger partial charge in [-0.25, -0.2) is 0 Å². The fourth-order valence-electron chi connectivity index (χ4n) is 3.00. The minimum atomic E-state index is -0.485. The van der Waals surface area contributed by atoms with Gasteiger partial charge in [0.05, 0.1) is 0 Å². The van der Waals surface area contributed by atoms with Gasteiger partial charge in [0.2, 0.25) is 0 Å². The Labute approximate surface area is 165 Å². The summed E-state index contributed by atoms with van der Waals surface area (Å²) >= 11 is 5.89. The van der Waals surface area contributed by atoms with Crippen LogP contribution >= 0.6 is 11.6 Å². The van der Waals surface area contributed by atoms with Crippen molar-refractivity contribution in [1.29, 1.82) is 0 Å². The molecule has 3 aromatic carbocycles. The Balaban J connectivity index is 1.50. The topological polar surface area (TPSA) is 38.3 Å². The second-order valence-corrected chi connectivity index (χ2v) is 6.98. The van der Waals surface area contributed by atoms with Gasteiger partial charge in [-0.2, -0.15) is 0 Å². The number of hydrogen-bond donors (Lipinski definition) is 1. The Kier molecular flexibility index (Phi) is 6.72.